The minimum atomic E-state index is -0.338. The first kappa shape index (κ1) is 14.1. The third-order valence-corrected chi connectivity index (χ3v) is 3.45. The number of anilines is 1. The quantitative estimate of drug-likeness (QED) is 0.833. The van der Waals surface area contributed by atoms with Crippen LogP contribution in [0.5, 0.6) is 5.75 Å². The number of benzene rings is 1. The zero-order valence-corrected chi connectivity index (χ0v) is 11.6. The van der Waals surface area contributed by atoms with E-state index in [1.54, 1.807) is 0 Å². The molecule has 2 N–H and O–H groups in total. The molecular weight excluding hydrogens is 243 g/mol. The minimum Gasteiger partial charge on any atom is -0.491 e. The van der Waals surface area contributed by atoms with Gasteiger partial charge in [0.1, 0.15) is 5.75 Å². The molecular formula is C15H23FN2O. The maximum Gasteiger partial charge on any atom is 0.142 e. The Kier molecular flexibility index (Phi) is 5.02. The van der Waals surface area contributed by atoms with Crippen LogP contribution in [0.2, 0.25) is 0 Å². The summed E-state index contributed by atoms with van der Waals surface area (Å²) in [6, 6.07) is 6.36. The fourth-order valence-electron chi connectivity index (χ4n) is 2.46. The van der Waals surface area contributed by atoms with E-state index in [4.69, 9.17) is 10.5 Å². The number of hydrogen-bond acceptors (Lipinski definition) is 3. The molecule has 4 heteroatoms. The lowest BCUT2D eigenvalue weighted by atomic mass is 10.0. The largest absolute Gasteiger partial charge is 0.491 e. The van der Waals surface area contributed by atoms with E-state index in [9.17, 15) is 4.39 Å². The van der Waals surface area contributed by atoms with Crippen molar-refractivity contribution in [2.24, 2.45) is 5.73 Å². The summed E-state index contributed by atoms with van der Waals surface area (Å²) < 4.78 is 17.9. The Bertz CT molecular complexity index is 411. The van der Waals surface area contributed by atoms with Crippen molar-refractivity contribution in [3.63, 3.8) is 0 Å². The van der Waals surface area contributed by atoms with Crippen molar-refractivity contribution in [3.8, 4) is 5.75 Å². The molecule has 1 heterocycles. The molecule has 0 aromatic heterocycles. The molecule has 1 saturated heterocycles. The fourth-order valence-corrected chi connectivity index (χ4v) is 2.46. The molecule has 0 bridgehead atoms. The second-order valence-corrected chi connectivity index (χ2v) is 5.21. The van der Waals surface area contributed by atoms with Gasteiger partial charge in [0.05, 0.1) is 19.0 Å². The highest BCUT2D eigenvalue weighted by Crippen LogP contribution is 2.31. The molecule has 1 aliphatic rings. The van der Waals surface area contributed by atoms with E-state index in [0.29, 0.717) is 13.0 Å². The predicted octanol–water partition coefficient (Wildman–Crippen LogP) is 2.66. The molecule has 1 unspecified atom stereocenters. The summed E-state index contributed by atoms with van der Waals surface area (Å²) in [5.74, 6) is 0.841. The molecule has 1 atom stereocenters. The average molecular weight is 266 g/mol. The standard InChI is InChI=1S/C15H23FN2O/c1-12-5-6-15(19-9-3-7-16)14(10-12)18-8-2-4-13(17)11-18/h5-6,10,13H,2-4,7-9,11,17H2,1H3. The summed E-state index contributed by atoms with van der Waals surface area (Å²) in [5.41, 5.74) is 8.33. The number of halogens is 1. The first-order valence-electron chi connectivity index (χ1n) is 7.00. The van der Waals surface area contributed by atoms with Crippen molar-refractivity contribution in [3.05, 3.63) is 23.8 Å². The van der Waals surface area contributed by atoms with Crippen LogP contribution in [0.15, 0.2) is 18.2 Å². The highest BCUT2D eigenvalue weighted by Gasteiger charge is 2.19. The van der Waals surface area contributed by atoms with Gasteiger partial charge in [0, 0.05) is 25.6 Å². The van der Waals surface area contributed by atoms with Gasteiger partial charge < -0.3 is 15.4 Å². The molecule has 0 spiro atoms. The Labute approximate surface area is 114 Å². The molecule has 1 aromatic rings. The number of ether oxygens (including phenoxy) is 1. The van der Waals surface area contributed by atoms with Crippen LogP contribution in [0.1, 0.15) is 24.8 Å². The van der Waals surface area contributed by atoms with E-state index in [0.717, 1.165) is 37.4 Å². The summed E-state index contributed by atoms with van der Waals surface area (Å²) >= 11 is 0. The molecule has 3 nitrogen and oxygen atoms in total. The Morgan fingerprint density at radius 1 is 1.47 bits per heavy atom. The number of alkyl halides is 1. The smallest absolute Gasteiger partial charge is 0.142 e. The molecule has 1 aromatic carbocycles. The lowest BCUT2D eigenvalue weighted by molar-refractivity contribution is 0.289. The molecule has 1 aliphatic heterocycles. The molecule has 106 valence electrons. The molecule has 0 aliphatic carbocycles. The van der Waals surface area contributed by atoms with Crippen LogP contribution in [0.4, 0.5) is 10.1 Å². The van der Waals surface area contributed by atoms with Gasteiger partial charge in [-0.3, -0.25) is 4.39 Å². The zero-order chi connectivity index (χ0) is 13.7. The predicted molar refractivity (Wildman–Crippen MR) is 76.7 cm³/mol. The van der Waals surface area contributed by atoms with Gasteiger partial charge in [-0.05, 0) is 37.5 Å². The summed E-state index contributed by atoms with van der Waals surface area (Å²) in [7, 11) is 0. The Hall–Kier alpha value is -1.29. The topological polar surface area (TPSA) is 38.5 Å². The molecule has 0 saturated carbocycles. The summed E-state index contributed by atoms with van der Waals surface area (Å²) in [6.45, 7) is 4.03. The number of rotatable bonds is 5. The van der Waals surface area contributed by atoms with Gasteiger partial charge in [-0.1, -0.05) is 6.07 Å². The summed E-state index contributed by atoms with van der Waals surface area (Å²) in [6.07, 6.45) is 2.63. The van der Waals surface area contributed by atoms with Crippen molar-refractivity contribution >= 4 is 5.69 Å². The van der Waals surface area contributed by atoms with Gasteiger partial charge >= 0.3 is 0 Å². The van der Waals surface area contributed by atoms with Gasteiger partial charge in [0.25, 0.3) is 0 Å². The van der Waals surface area contributed by atoms with Crippen molar-refractivity contribution in [1.82, 2.24) is 0 Å². The van der Waals surface area contributed by atoms with E-state index in [-0.39, 0.29) is 12.7 Å². The molecule has 0 amide bonds. The van der Waals surface area contributed by atoms with Gasteiger partial charge in [-0.15, -0.1) is 0 Å². The van der Waals surface area contributed by atoms with Crippen molar-refractivity contribution in [2.45, 2.75) is 32.2 Å². The third kappa shape index (κ3) is 3.83. The number of hydrogen-bond donors (Lipinski definition) is 1. The average Bonchev–Trinajstić information content (AvgIpc) is 2.40. The first-order valence-corrected chi connectivity index (χ1v) is 7.00. The zero-order valence-electron chi connectivity index (χ0n) is 11.6. The molecule has 1 fully saturated rings. The third-order valence-electron chi connectivity index (χ3n) is 3.45. The van der Waals surface area contributed by atoms with Crippen LogP contribution in [0.3, 0.4) is 0 Å². The van der Waals surface area contributed by atoms with E-state index in [1.165, 1.54) is 5.56 Å². The summed E-state index contributed by atoms with van der Waals surface area (Å²) in [5, 5.41) is 0. The van der Waals surface area contributed by atoms with Crippen LogP contribution in [0, 0.1) is 6.92 Å². The fraction of sp³-hybridized carbons (Fsp3) is 0.600. The highest BCUT2D eigenvalue weighted by atomic mass is 19.1. The van der Waals surface area contributed by atoms with Crippen LogP contribution in [-0.4, -0.2) is 32.4 Å². The number of piperidine rings is 1. The van der Waals surface area contributed by atoms with Crippen molar-refractivity contribution in [2.75, 3.05) is 31.3 Å². The number of nitrogens with two attached hydrogens (primary N) is 1. The molecule has 19 heavy (non-hydrogen) atoms. The van der Waals surface area contributed by atoms with Crippen LogP contribution >= 0.6 is 0 Å². The van der Waals surface area contributed by atoms with Crippen LogP contribution in [-0.2, 0) is 0 Å². The van der Waals surface area contributed by atoms with Crippen LogP contribution in [0.25, 0.3) is 0 Å². The lowest BCUT2D eigenvalue weighted by Crippen LogP contribution is -2.43. The Morgan fingerprint density at radius 2 is 2.32 bits per heavy atom. The lowest BCUT2D eigenvalue weighted by Gasteiger charge is -2.33. The van der Waals surface area contributed by atoms with Crippen LogP contribution < -0.4 is 15.4 Å². The van der Waals surface area contributed by atoms with E-state index in [2.05, 4.69) is 17.9 Å². The van der Waals surface area contributed by atoms with E-state index < -0.39 is 0 Å². The Balaban J connectivity index is 2.13. The first-order chi connectivity index (χ1) is 9.20. The summed E-state index contributed by atoms with van der Waals surface area (Å²) in [4.78, 5) is 2.28. The normalized spacial score (nSPS) is 19.5. The van der Waals surface area contributed by atoms with Crippen molar-refractivity contribution < 1.29 is 9.13 Å². The number of aryl methyl sites for hydroxylation is 1. The maximum absolute atomic E-state index is 12.2. The van der Waals surface area contributed by atoms with Gasteiger partial charge in [-0.2, -0.15) is 0 Å². The number of nitrogens with zero attached hydrogens (tertiary/aromatic N) is 1. The molecule has 0 radical (unpaired) electrons. The van der Waals surface area contributed by atoms with Gasteiger partial charge in [0.2, 0.25) is 0 Å². The monoisotopic (exact) mass is 266 g/mol. The minimum absolute atomic E-state index is 0.230. The molecule has 2 rings (SSSR count). The van der Waals surface area contributed by atoms with Gasteiger partial charge in [0.15, 0.2) is 0 Å². The highest BCUT2D eigenvalue weighted by molar-refractivity contribution is 5.60. The maximum atomic E-state index is 12.2. The second kappa shape index (κ2) is 6.75. The van der Waals surface area contributed by atoms with E-state index in [1.807, 2.05) is 12.1 Å². The van der Waals surface area contributed by atoms with E-state index >= 15 is 0 Å². The Morgan fingerprint density at radius 3 is 3.05 bits per heavy atom. The SMILES string of the molecule is Cc1ccc(OCCCF)c(N2CCCC(N)C2)c1. The second-order valence-electron chi connectivity index (χ2n) is 5.21. The van der Waals surface area contributed by atoms with Crippen molar-refractivity contribution in [1.29, 1.82) is 0 Å². The van der Waals surface area contributed by atoms with Gasteiger partial charge in [-0.25, -0.2) is 0 Å².